The van der Waals surface area contributed by atoms with Crippen LogP contribution in [0.3, 0.4) is 0 Å². The van der Waals surface area contributed by atoms with Crippen LogP contribution in [0.5, 0.6) is 0 Å². The van der Waals surface area contributed by atoms with Gasteiger partial charge < -0.3 is 8.83 Å². The van der Waals surface area contributed by atoms with Gasteiger partial charge in [0, 0.05) is 45.0 Å². The summed E-state index contributed by atoms with van der Waals surface area (Å²) in [5, 5.41) is 3.51. The van der Waals surface area contributed by atoms with Gasteiger partial charge in [0.15, 0.2) is 0 Å². The number of aryl methyl sites for hydroxylation is 2. The Kier molecular flexibility index (Phi) is 5.77. The van der Waals surface area contributed by atoms with E-state index in [0.717, 1.165) is 64.7 Å². The van der Waals surface area contributed by atoms with Crippen LogP contribution >= 0.6 is 0 Å². The Morgan fingerprint density at radius 2 is 1.42 bits per heavy atom. The number of rotatable bonds is 4. The minimum atomic E-state index is -0.00624. The highest BCUT2D eigenvalue weighted by molar-refractivity contribution is 6.07. The lowest BCUT2D eigenvalue weighted by Gasteiger charge is -2.23. The second-order valence-electron chi connectivity index (χ2n) is 15.0. The number of allylic oxidation sites excluding steroid dienone is 1. The summed E-state index contributed by atoms with van der Waals surface area (Å²) in [6.07, 6.45) is 8.49. The van der Waals surface area contributed by atoms with E-state index in [9.17, 15) is 0 Å². The molecule has 0 bridgehead atoms. The van der Waals surface area contributed by atoms with E-state index < -0.39 is 0 Å². The average molecular weight is 645 g/mol. The fourth-order valence-corrected chi connectivity index (χ4v) is 9.46. The zero-order valence-corrected chi connectivity index (χ0v) is 28.3. The van der Waals surface area contributed by atoms with E-state index in [0.29, 0.717) is 5.92 Å². The molecule has 240 valence electrons. The van der Waals surface area contributed by atoms with Gasteiger partial charge in [-0.3, -0.25) is 0 Å². The maximum atomic E-state index is 6.60. The highest BCUT2D eigenvalue weighted by atomic mass is 16.3. The van der Waals surface area contributed by atoms with Gasteiger partial charge in [0.25, 0.3) is 0 Å². The van der Waals surface area contributed by atoms with Crippen molar-refractivity contribution in [3.05, 3.63) is 160 Å². The molecule has 0 saturated carbocycles. The van der Waals surface area contributed by atoms with Crippen LogP contribution < -0.4 is 0 Å². The summed E-state index contributed by atoms with van der Waals surface area (Å²) in [6, 6.07) is 43.0. The van der Waals surface area contributed by atoms with Crippen LogP contribution in [0.25, 0.3) is 72.4 Å². The summed E-state index contributed by atoms with van der Waals surface area (Å²) in [7, 11) is 0. The summed E-state index contributed by atoms with van der Waals surface area (Å²) in [6.45, 7) is 4.77. The van der Waals surface area contributed by atoms with E-state index >= 15 is 0 Å². The van der Waals surface area contributed by atoms with E-state index in [4.69, 9.17) is 8.83 Å². The van der Waals surface area contributed by atoms with Gasteiger partial charge in [-0.15, -0.1) is 0 Å². The Balaban J connectivity index is 0.933. The number of benzene rings is 6. The SMILES string of the molecule is CC1(C)c2ccccc2-c2cc3c(cc21)C(CCc1ccc2c(c1)oc1cc(-c4cccc5c6c(oc45)CCC=C6)ccc12)c1ccccc1-3. The summed E-state index contributed by atoms with van der Waals surface area (Å²) >= 11 is 0. The quantitative estimate of drug-likeness (QED) is 0.191. The molecule has 0 aliphatic heterocycles. The molecule has 8 aromatic rings. The zero-order chi connectivity index (χ0) is 33.1. The molecular formula is C48H36O2. The summed E-state index contributed by atoms with van der Waals surface area (Å²) < 4.78 is 13.0. The van der Waals surface area contributed by atoms with Crippen LogP contribution in [-0.4, -0.2) is 0 Å². The molecule has 2 nitrogen and oxygen atoms in total. The third kappa shape index (κ3) is 3.91. The first-order valence-corrected chi connectivity index (χ1v) is 18.1. The Morgan fingerprint density at radius 1 is 0.620 bits per heavy atom. The van der Waals surface area contributed by atoms with Crippen LogP contribution in [0.15, 0.2) is 130 Å². The molecule has 0 spiro atoms. The minimum absolute atomic E-state index is 0.00624. The Bertz CT molecular complexity index is 2750. The van der Waals surface area contributed by atoms with Crippen molar-refractivity contribution < 1.29 is 8.83 Å². The Labute approximate surface area is 291 Å². The van der Waals surface area contributed by atoms with Gasteiger partial charge in [-0.2, -0.15) is 0 Å². The molecule has 3 aliphatic carbocycles. The largest absolute Gasteiger partial charge is 0.460 e. The molecule has 1 atom stereocenters. The van der Waals surface area contributed by atoms with E-state index in [-0.39, 0.29) is 5.41 Å². The van der Waals surface area contributed by atoms with Crippen LogP contribution in [0, 0.1) is 0 Å². The molecule has 3 aliphatic rings. The lowest BCUT2D eigenvalue weighted by atomic mass is 9.80. The smallest absolute Gasteiger partial charge is 0.142 e. The second-order valence-corrected chi connectivity index (χ2v) is 15.0. The molecule has 2 aromatic heterocycles. The predicted molar refractivity (Wildman–Crippen MR) is 206 cm³/mol. The Morgan fingerprint density at radius 3 is 2.34 bits per heavy atom. The number of hydrogen-bond acceptors (Lipinski definition) is 2. The fraction of sp³-hybridized carbons (Fsp3) is 0.167. The van der Waals surface area contributed by atoms with E-state index in [2.05, 4.69) is 141 Å². The molecule has 1 unspecified atom stereocenters. The highest BCUT2D eigenvalue weighted by Crippen LogP contribution is 2.55. The van der Waals surface area contributed by atoms with Crippen molar-refractivity contribution in [2.75, 3.05) is 0 Å². The molecule has 0 N–H and O–H groups in total. The standard InChI is InChI=1S/C48H36O2/c1-48(2)42-16-7-5-12-34(42)41-26-39-32-11-4-3-10-31(32)33(40(39)27-43(41)48)21-18-28-19-22-36-37-23-20-29(25-46(37)49-45(36)24-28)30-14-9-15-38-35-13-6-8-17-44(35)50-47(30)38/h3-7,9-16,19-20,22-27,33H,8,17-18,21H2,1-2H3. The predicted octanol–water partition coefficient (Wildman–Crippen LogP) is 13.0. The first kappa shape index (κ1) is 28.3. The molecule has 2 heteroatoms. The van der Waals surface area contributed by atoms with Crippen molar-refractivity contribution in [3.63, 3.8) is 0 Å². The maximum Gasteiger partial charge on any atom is 0.142 e. The first-order valence-electron chi connectivity index (χ1n) is 18.1. The lowest BCUT2D eigenvalue weighted by molar-refractivity contribution is 0.547. The van der Waals surface area contributed by atoms with Gasteiger partial charge in [-0.05, 0) is 99.2 Å². The highest BCUT2D eigenvalue weighted by Gasteiger charge is 2.38. The fourth-order valence-electron chi connectivity index (χ4n) is 9.46. The van der Waals surface area contributed by atoms with Crippen molar-refractivity contribution in [2.24, 2.45) is 0 Å². The average Bonchev–Trinajstić information content (AvgIpc) is 3.86. The molecule has 11 rings (SSSR count). The number of fused-ring (bicyclic) bond motifs is 12. The van der Waals surface area contributed by atoms with Crippen molar-refractivity contribution in [1.29, 1.82) is 0 Å². The monoisotopic (exact) mass is 644 g/mol. The molecule has 0 amide bonds. The van der Waals surface area contributed by atoms with E-state index in [1.54, 1.807) is 0 Å². The number of hydrogen-bond donors (Lipinski definition) is 0. The van der Waals surface area contributed by atoms with Gasteiger partial charge in [-0.1, -0.05) is 117 Å². The third-order valence-corrected chi connectivity index (χ3v) is 12.0. The molecule has 0 saturated heterocycles. The topological polar surface area (TPSA) is 26.3 Å². The first-order chi connectivity index (χ1) is 24.5. The lowest BCUT2D eigenvalue weighted by Crippen LogP contribution is -2.15. The van der Waals surface area contributed by atoms with Crippen LogP contribution in [0.2, 0.25) is 0 Å². The van der Waals surface area contributed by atoms with Gasteiger partial charge in [-0.25, -0.2) is 0 Å². The van der Waals surface area contributed by atoms with Gasteiger partial charge in [0.1, 0.15) is 22.5 Å². The van der Waals surface area contributed by atoms with E-state index in [1.165, 1.54) is 66.4 Å². The van der Waals surface area contributed by atoms with Crippen molar-refractivity contribution >= 4 is 39.0 Å². The van der Waals surface area contributed by atoms with Crippen LogP contribution in [-0.2, 0) is 18.3 Å². The molecule has 6 aromatic carbocycles. The van der Waals surface area contributed by atoms with Crippen molar-refractivity contribution in [1.82, 2.24) is 0 Å². The summed E-state index contributed by atoms with van der Waals surface area (Å²) in [5.41, 5.74) is 19.0. The Hall–Kier alpha value is -5.60. The van der Waals surface area contributed by atoms with Gasteiger partial charge >= 0.3 is 0 Å². The van der Waals surface area contributed by atoms with Crippen LogP contribution in [0.1, 0.15) is 71.7 Å². The molecule has 0 radical (unpaired) electrons. The third-order valence-electron chi connectivity index (χ3n) is 12.0. The minimum Gasteiger partial charge on any atom is -0.460 e. The van der Waals surface area contributed by atoms with E-state index in [1.807, 2.05) is 0 Å². The normalized spacial score (nSPS) is 16.5. The molecule has 2 heterocycles. The molecular weight excluding hydrogens is 609 g/mol. The zero-order valence-electron chi connectivity index (χ0n) is 28.3. The van der Waals surface area contributed by atoms with Crippen molar-refractivity contribution in [3.8, 4) is 33.4 Å². The molecule has 0 fully saturated rings. The number of furan rings is 2. The van der Waals surface area contributed by atoms with Gasteiger partial charge in [0.05, 0.1) is 0 Å². The van der Waals surface area contributed by atoms with Crippen molar-refractivity contribution in [2.45, 2.75) is 50.9 Å². The second kappa shape index (κ2) is 10.2. The summed E-state index contributed by atoms with van der Waals surface area (Å²) in [5.74, 6) is 1.46. The van der Waals surface area contributed by atoms with Crippen LogP contribution in [0.4, 0.5) is 0 Å². The number of para-hydroxylation sites is 1. The maximum absolute atomic E-state index is 6.60. The van der Waals surface area contributed by atoms with Gasteiger partial charge in [0.2, 0.25) is 0 Å². The summed E-state index contributed by atoms with van der Waals surface area (Å²) in [4.78, 5) is 0. The molecule has 50 heavy (non-hydrogen) atoms.